The van der Waals surface area contributed by atoms with Crippen molar-refractivity contribution in [1.29, 1.82) is 0 Å². The normalized spacial score (nSPS) is 15.4. The second-order valence-electron chi connectivity index (χ2n) is 5.76. The highest BCUT2D eigenvalue weighted by molar-refractivity contribution is 8.26. The van der Waals surface area contributed by atoms with Crippen LogP contribution in [-0.4, -0.2) is 36.2 Å². The Labute approximate surface area is 169 Å². The molecule has 138 valence electrons. The van der Waals surface area contributed by atoms with E-state index >= 15 is 0 Å². The van der Waals surface area contributed by atoms with Gasteiger partial charge in [-0.05, 0) is 42.6 Å². The van der Waals surface area contributed by atoms with Crippen molar-refractivity contribution in [2.45, 2.75) is 0 Å². The van der Waals surface area contributed by atoms with Crippen molar-refractivity contribution < 1.29 is 14.7 Å². The van der Waals surface area contributed by atoms with Crippen LogP contribution in [0.5, 0.6) is 5.75 Å². The summed E-state index contributed by atoms with van der Waals surface area (Å²) in [6.45, 7) is 0. The zero-order valence-electron chi connectivity index (χ0n) is 14.2. The van der Waals surface area contributed by atoms with Crippen LogP contribution in [0.3, 0.4) is 0 Å². The Morgan fingerprint density at radius 1 is 1.14 bits per heavy atom. The zero-order chi connectivity index (χ0) is 19.7. The van der Waals surface area contributed by atoms with Gasteiger partial charge in [0.25, 0.3) is 11.8 Å². The number of nitrogens with one attached hydrogen (secondary N) is 1. The number of thiocarbonyl (C=S) groups is 1. The van der Waals surface area contributed by atoms with Gasteiger partial charge in [0, 0.05) is 0 Å². The Morgan fingerprint density at radius 3 is 2.64 bits per heavy atom. The molecule has 2 amide bonds. The monoisotopic (exact) mass is 408 g/mol. The summed E-state index contributed by atoms with van der Waals surface area (Å²) in [6.07, 6.45) is 3.14. The van der Waals surface area contributed by atoms with E-state index in [1.165, 1.54) is 12.1 Å². The maximum Gasteiger partial charge on any atom is 0.285 e. The number of thioether (sulfide) groups is 1. The topological polar surface area (TPSA) is 95.4 Å². The average Bonchev–Trinajstić information content (AvgIpc) is 2.95. The van der Waals surface area contributed by atoms with Gasteiger partial charge < -0.3 is 5.11 Å². The number of phenols is 1. The molecule has 1 saturated heterocycles. The van der Waals surface area contributed by atoms with Crippen molar-refractivity contribution in [2.24, 2.45) is 0 Å². The van der Waals surface area contributed by atoms with E-state index in [-0.39, 0.29) is 15.6 Å². The van der Waals surface area contributed by atoms with E-state index < -0.39 is 11.8 Å². The van der Waals surface area contributed by atoms with Crippen LogP contribution in [-0.2, 0) is 4.79 Å². The molecule has 2 N–H and O–H groups in total. The molecule has 0 radical (unpaired) electrons. The van der Waals surface area contributed by atoms with Crippen LogP contribution in [0.2, 0.25) is 0 Å². The molecule has 2 heterocycles. The van der Waals surface area contributed by atoms with Gasteiger partial charge in [-0.1, -0.05) is 36.0 Å². The molecule has 0 saturated carbocycles. The van der Waals surface area contributed by atoms with Gasteiger partial charge in [-0.2, -0.15) is 5.01 Å². The molecule has 0 atom stereocenters. The predicted molar refractivity (Wildman–Crippen MR) is 110 cm³/mol. The molecule has 0 aliphatic carbocycles. The number of aromatic nitrogens is 2. The van der Waals surface area contributed by atoms with Gasteiger partial charge in [-0.15, -0.1) is 0 Å². The van der Waals surface area contributed by atoms with Crippen LogP contribution in [0.4, 0.5) is 0 Å². The Morgan fingerprint density at radius 2 is 1.86 bits per heavy atom. The fourth-order valence-electron chi connectivity index (χ4n) is 2.57. The average molecular weight is 408 g/mol. The van der Waals surface area contributed by atoms with Gasteiger partial charge in [0.2, 0.25) is 0 Å². The molecule has 7 nitrogen and oxygen atoms in total. The van der Waals surface area contributed by atoms with Crippen molar-refractivity contribution in [3.05, 3.63) is 70.9 Å². The van der Waals surface area contributed by atoms with E-state index in [1.54, 1.807) is 24.4 Å². The smallest absolute Gasteiger partial charge is 0.285 e. The number of phenolic OH excluding ortho intramolecular Hbond substituents is 1. The van der Waals surface area contributed by atoms with Crippen LogP contribution in [0.25, 0.3) is 17.1 Å². The molecule has 1 fully saturated rings. The SMILES string of the molecule is O=C(NN1C(=O)C(=Cc2cnc3ccccc3n2)SC1=S)c1ccccc1O. The molecule has 0 unspecified atom stereocenters. The highest BCUT2D eigenvalue weighted by Gasteiger charge is 2.34. The summed E-state index contributed by atoms with van der Waals surface area (Å²) >= 11 is 6.25. The lowest BCUT2D eigenvalue weighted by Crippen LogP contribution is -2.44. The molecule has 0 bridgehead atoms. The number of rotatable bonds is 3. The molecule has 1 aliphatic rings. The first-order chi connectivity index (χ1) is 13.5. The summed E-state index contributed by atoms with van der Waals surface area (Å²) in [5.41, 5.74) is 4.44. The number of nitrogens with zero attached hydrogens (tertiary/aromatic N) is 3. The Hall–Kier alpha value is -3.30. The number of hydrogen-bond donors (Lipinski definition) is 2. The number of carbonyl (C=O) groups excluding carboxylic acids is 2. The molecule has 2 aromatic carbocycles. The van der Waals surface area contributed by atoms with Gasteiger partial charge in [-0.25, -0.2) is 4.98 Å². The third kappa shape index (κ3) is 3.45. The van der Waals surface area contributed by atoms with Crippen LogP contribution < -0.4 is 5.43 Å². The number of amides is 2. The second-order valence-corrected chi connectivity index (χ2v) is 7.43. The quantitative estimate of drug-likeness (QED) is 0.508. The minimum atomic E-state index is -0.638. The second kappa shape index (κ2) is 7.37. The predicted octanol–water partition coefficient (Wildman–Crippen LogP) is 2.88. The van der Waals surface area contributed by atoms with Crippen molar-refractivity contribution in [3.63, 3.8) is 0 Å². The fourth-order valence-corrected chi connectivity index (χ4v) is 3.73. The van der Waals surface area contributed by atoms with Crippen molar-refractivity contribution in [3.8, 4) is 5.75 Å². The molecular formula is C19H12N4O3S2. The van der Waals surface area contributed by atoms with Gasteiger partial charge in [0.15, 0.2) is 4.32 Å². The Kier molecular flexibility index (Phi) is 4.76. The zero-order valence-corrected chi connectivity index (χ0v) is 15.8. The van der Waals surface area contributed by atoms with E-state index in [0.717, 1.165) is 22.3 Å². The summed E-state index contributed by atoms with van der Waals surface area (Å²) in [5, 5.41) is 10.8. The minimum absolute atomic E-state index is 0.0425. The molecule has 28 heavy (non-hydrogen) atoms. The van der Waals surface area contributed by atoms with E-state index in [0.29, 0.717) is 16.1 Å². The van der Waals surface area contributed by atoms with E-state index in [9.17, 15) is 14.7 Å². The van der Waals surface area contributed by atoms with Gasteiger partial charge in [0.1, 0.15) is 5.75 Å². The number of hydrazine groups is 1. The number of benzene rings is 2. The fraction of sp³-hybridized carbons (Fsp3) is 0. The molecule has 0 spiro atoms. The third-order valence-corrected chi connectivity index (χ3v) is 5.20. The van der Waals surface area contributed by atoms with Gasteiger partial charge in [-0.3, -0.25) is 20.0 Å². The highest BCUT2D eigenvalue weighted by Crippen LogP contribution is 2.31. The van der Waals surface area contributed by atoms with Gasteiger partial charge >= 0.3 is 0 Å². The first-order valence-corrected chi connectivity index (χ1v) is 9.34. The summed E-state index contributed by atoms with van der Waals surface area (Å²) in [6, 6.07) is 13.4. The lowest BCUT2D eigenvalue weighted by atomic mass is 10.2. The van der Waals surface area contributed by atoms with Crippen molar-refractivity contribution in [1.82, 2.24) is 20.4 Å². The van der Waals surface area contributed by atoms with Crippen molar-refractivity contribution in [2.75, 3.05) is 0 Å². The lowest BCUT2D eigenvalue weighted by molar-refractivity contribution is -0.123. The number of carbonyl (C=O) groups is 2. The van der Waals surface area contributed by atoms with Crippen LogP contribution in [0, 0.1) is 0 Å². The molecular weight excluding hydrogens is 396 g/mol. The lowest BCUT2D eigenvalue weighted by Gasteiger charge is -2.16. The number of aromatic hydroxyl groups is 1. The summed E-state index contributed by atoms with van der Waals surface area (Å²) in [7, 11) is 0. The number of hydrogen-bond acceptors (Lipinski definition) is 7. The number of para-hydroxylation sites is 3. The highest BCUT2D eigenvalue weighted by atomic mass is 32.2. The van der Waals surface area contributed by atoms with Crippen LogP contribution in [0.15, 0.2) is 59.6 Å². The van der Waals surface area contributed by atoms with Gasteiger partial charge in [0.05, 0.1) is 33.4 Å². The maximum absolute atomic E-state index is 12.7. The molecule has 1 aromatic heterocycles. The third-order valence-electron chi connectivity index (χ3n) is 3.90. The summed E-state index contributed by atoms with van der Waals surface area (Å²) in [5.74, 6) is -1.30. The van der Waals surface area contributed by atoms with Crippen molar-refractivity contribution >= 4 is 57.2 Å². The molecule has 9 heteroatoms. The van der Waals surface area contributed by atoms with Crippen LogP contribution in [0.1, 0.15) is 16.1 Å². The van der Waals surface area contributed by atoms with Crippen LogP contribution >= 0.6 is 24.0 Å². The maximum atomic E-state index is 12.7. The van der Waals surface area contributed by atoms with E-state index in [1.807, 2.05) is 24.3 Å². The Balaban J connectivity index is 1.57. The minimum Gasteiger partial charge on any atom is -0.507 e. The summed E-state index contributed by atoms with van der Waals surface area (Å²) < 4.78 is 0.175. The first kappa shape index (κ1) is 18.1. The number of fused-ring (bicyclic) bond motifs is 1. The van der Waals surface area contributed by atoms with E-state index in [4.69, 9.17) is 12.2 Å². The standard InChI is InChI=1S/C19H12N4O3S2/c24-15-8-4-1-5-12(15)17(25)22-23-18(26)16(28-19(23)27)9-11-10-20-13-6-2-3-7-14(13)21-11/h1-10,24H,(H,22,25). The first-order valence-electron chi connectivity index (χ1n) is 8.11. The molecule has 4 rings (SSSR count). The van der Waals surface area contributed by atoms with E-state index in [2.05, 4.69) is 15.4 Å². The summed E-state index contributed by atoms with van der Waals surface area (Å²) in [4.78, 5) is 34.1. The molecule has 1 aliphatic heterocycles. The molecule has 3 aromatic rings. The Bertz CT molecular complexity index is 1160. The largest absolute Gasteiger partial charge is 0.507 e.